The number of nitrogens with zero attached hydrogens (tertiary/aromatic N) is 2. The second-order valence-electron chi connectivity index (χ2n) is 5.61. The molecule has 0 N–H and O–H groups in total. The maximum absolute atomic E-state index is 12.1. The molecule has 1 amide bonds. The normalized spacial score (nSPS) is 11.7. The first-order valence-electron chi connectivity index (χ1n) is 7.68. The topological polar surface area (TPSA) is 57.7 Å². The van der Waals surface area contributed by atoms with Gasteiger partial charge in [-0.3, -0.25) is 4.79 Å². The summed E-state index contributed by atoms with van der Waals surface area (Å²) in [5, 5.41) is 0.521. The molecular formula is C16H25ClN2O3S. The summed E-state index contributed by atoms with van der Waals surface area (Å²) in [5.74, 6) is -0.0498. The van der Waals surface area contributed by atoms with E-state index in [1.807, 2.05) is 6.07 Å². The predicted octanol–water partition coefficient (Wildman–Crippen LogP) is 2.75. The third kappa shape index (κ3) is 6.89. The van der Waals surface area contributed by atoms with E-state index in [4.69, 9.17) is 11.6 Å². The molecule has 0 fully saturated rings. The van der Waals surface area contributed by atoms with E-state index in [9.17, 15) is 13.2 Å². The number of amides is 1. The van der Waals surface area contributed by atoms with Crippen LogP contribution in [0, 0.1) is 0 Å². The molecule has 0 atom stereocenters. The van der Waals surface area contributed by atoms with Crippen LogP contribution in [0.15, 0.2) is 24.3 Å². The minimum Gasteiger partial charge on any atom is -0.346 e. The van der Waals surface area contributed by atoms with Crippen molar-refractivity contribution in [3.8, 4) is 0 Å². The van der Waals surface area contributed by atoms with Crippen molar-refractivity contribution in [2.24, 2.45) is 0 Å². The van der Waals surface area contributed by atoms with Crippen LogP contribution in [-0.2, 0) is 21.4 Å². The minimum atomic E-state index is -3.41. The fraction of sp³-hybridized carbons (Fsp3) is 0.562. The van der Waals surface area contributed by atoms with Crippen LogP contribution < -0.4 is 0 Å². The van der Waals surface area contributed by atoms with Gasteiger partial charge < -0.3 is 4.90 Å². The lowest BCUT2D eigenvalue weighted by Gasteiger charge is -2.22. The van der Waals surface area contributed by atoms with Gasteiger partial charge in [0.25, 0.3) is 0 Å². The van der Waals surface area contributed by atoms with Crippen molar-refractivity contribution in [1.29, 1.82) is 0 Å². The summed E-state index contributed by atoms with van der Waals surface area (Å²) >= 11 is 6.09. The molecule has 0 bridgehead atoms. The maximum atomic E-state index is 12.1. The van der Waals surface area contributed by atoms with E-state index in [-0.39, 0.29) is 25.4 Å². The fourth-order valence-electron chi connectivity index (χ4n) is 2.11. The average molecular weight is 361 g/mol. The van der Waals surface area contributed by atoms with Crippen LogP contribution in [0.4, 0.5) is 0 Å². The highest BCUT2D eigenvalue weighted by Crippen LogP contribution is 2.18. The molecule has 1 aromatic rings. The van der Waals surface area contributed by atoms with E-state index in [2.05, 4.69) is 6.92 Å². The number of carbonyl (C=O) groups excluding carboxylic acids is 1. The first kappa shape index (κ1) is 19.9. The highest BCUT2D eigenvalue weighted by atomic mass is 35.5. The Bertz CT molecular complexity index is 620. The molecular weight excluding hydrogens is 336 g/mol. The number of benzene rings is 1. The van der Waals surface area contributed by atoms with Crippen LogP contribution in [0.2, 0.25) is 5.02 Å². The summed E-state index contributed by atoms with van der Waals surface area (Å²) in [7, 11) is -1.67. The van der Waals surface area contributed by atoms with Gasteiger partial charge in [-0.05, 0) is 18.1 Å². The van der Waals surface area contributed by atoms with Crippen LogP contribution in [0.1, 0.15) is 31.7 Å². The Labute approximate surface area is 144 Å². The molecule has 7 heteroatoms. The average Bonchev–Trinajstić information content (AvgIpc) is 2.49. The quantitative estimate of drug-likeness (QED) is 0.680. The highest BCUT2D eigenvalue weighted by molar-refractivity contribution is 7.88. The highest BCUT2D eigenvalue weighted by Gasteiger charge is 2.20. The van der Waals surface area contributed by atoms with Gasteiger partial charge >= 0.3 is 0 Å². The Morgan fingerprint density at radius 2 is 1.87 bits per heavy atom. The van der Waals surface area contributed by atoms with Gasteiger partial charge in [0.05, 0.1) is 6.26 Å². The molecule has 0 heterocycles. The molecule has 1 rings (SSSR count). The van der Waals surface area contributed by atoms with Crippen LogP contribution in [0.5, 0.6) is 0 Å². The number of unbranched alkanes of at least 4 members (excludes halogenated alkanes) is 1. The minimum absolute atomic E-state index is 0.0498. The summed E-state index contributed by atoms with van der Waals surface area (Å²) in [6, 6.07) is 7.12. The lowest BCUT2D eigenvalue weighted by atomic mass is 10.2. The van der Waals surface area contributed by atoms with Crippen LogP contribution >= 0.6 is 11.6 Å². The van der Waals surface area contributed by atoms with Gasteiger partial charge in [0, 0.05) is 38.1 Å². The number of sulfonamides is 1. The molecule has 130 valence electrons. The largest absolute Gasteiger partial charge is 0.346 e. The molecule has 0 radical (unpaired) electrons. The van der Waals surface area contributed by atoms with E-state index in [1.54, 1.807) is 30.1 Å². The second kappa shape index (κ2) is 9.25. The van der Waals surface area contributed by atoms with Gasteiger partial charge in [-0.15, -0.1) is 0 Å². The molecule has 0 aromatic heterocycles. The van der Waals surface area contributed by atoms with Crippen LogP contribution in [0.25, 0.3) is 0 Å². The zero-order chi connectivity index (χ0) is 17.5. The Kier molecular flexibility index (Phi) is 8.02. The van der Waals surface area contributed by atoms with Crippen molar-refractivity contribution in [3.63, 3.8) is 0 Å². The van der Waals surface area contributed by atoms with Gasteiger partial charge in [-0.25, -0.2) is 8.42 Å². The van der Waals surface area contributed by atoms with Gasteiger partial charge in [-0.1, -0.05) is 43.1 Å². The predicted molar refractivity (Wildman–Crippen MR) is 93.9 cm³/mol. The zero-order valence-electron chi connectivity index (χ0n) is 14.0. The SMILES string of the molecule is CCCCN(C)C(=O)CCN(Cc1ccccc1Cl)S(C)(=O)=O. The summed E-state index contributed by atoms with van der Waals surface area (Å²) < 4.78 is 25.2. The van der Waals surface area contributed by atoms with Crippen molar-refractivity contribution in [3.05, 3.63) is 34.9 Å². The van der Waals surface area contributed by atoms with Gasteiger partial charge in [0.2, 0.25) is 15.9 Å². The number of hydrogen-bond acceptors (Lipinski definition) is 3. The van der Waals surface area contributed by atoms with E-state index in [0.717, 1.165) is 24.7 Å². The van der Waals surface area contributed by atoms with Crippen LogP contribution in [-0.4, -0.2) is 49.9 Å². The third-order valence-corrected chi connectivity index (χ3v) is 5.24. The standard InChI is InChI=1S/C16H25ClN2O3S/c1-4-5-11-18(2)16(20)10-12-19(23(3,21)22)13-14-8-6-7-9-15(14)17/h6-9H,4-5,10-13H2,1-3H3. The number of carbonyl (C=O) groups is 1. The number of halogens is 1. The van der Waals surface area contributed by atoms with Crippen molar-refractivity contribution in [1.82, 2.24) is 9.21 Å². The number of hydrogen-bond donors (Lipinski definition) is 0. The Hall–Kier alpha value is -1.11. The summed E-state index contributed by atoms with van der Waals surface area (Å²) in [4.78, 5) is 13.7. The van der Waals surface area contributed by atoms with E-state index in [1.165, 1.54) is 4.31 Å². The molecule has 0 unspecified atom stereocenters. The van der Waals surface area contributed by atoms with Crippen molar-refractivity contribution < 1.29 is 13.2 Å². The first-order chi connectivity index (χ1) is 10.8. The van der Waals surface area contributed by atoms with Gasteiger partial charge in [0.1, 0.15) is 0 Å². The van der Waals surface area contributed by atoms with Gasteiger partial charge in [-0.2, -0.15) is 4.31 Å². The Balaban J connectivity index is 2.70. The molecule has 23 heavy (non-hydrogen) atoms. The smallest absolute Gasteiger partial charge is 0.223 e. The molecule has 0 aliphatic rings. The number of rotatable bonds is 9. The second-order valence-corrected chi connectivity index (χ2v) is 8.00. The van der Waals surface area contributed by atoms with E-state index < -0.39 is 10.0 Å². The monoisotopic (exact) mass is 360 g/mol. The molecule has 0 aliphatic carbocycles. The fourth-order valence-corrected chi connectivity index (χ4v) is 3.10. The lowest BCUT2D eigenvalue weighted by Crippen LogP contribution is -2.35. The van der Waals surface area contributed by atoms with Crippen molar-refractivity contribution in [2.45, 2.75) is 32.7 Å². The van der Waals surface area contributed by atoms with Crippen LogP contribution in [0.3, 0.4) is 0 Å². The molecule has 1 aromatic carbocycles. The third-order valence-electron chi connectivity index (χ3n) is 3.62. The van der Waals surface area contributed by atoms with Gasteiger partial charge in [0.15, 0.2) is 0 Å². The zero-order valence-corrected chi connectivity index (χ0v) is 15.5. The molecule has 0 saturated heterocycles. The molecule has 5 nitrogen and oxygen atoms in total. The lowest BCUT2D eigenvalue weighted by molar-refractivity contribution is -0.130. The maximum Gasteiger partial charge on any atom is 0.223 e. The molecule has 0 saturated carbocycles. The van der Waals surface area contributed by atoms with Crippen molar-refractivity contribution >= 4 is 27.5 Å². The summed E-state index contributed by atoms with van der Waals surface area (Å²) in [5.41, 5.74) is 0.728. The molecule has 0 spiro atoms. The van der Waals surface area contributed by atoms with E-state index >= 15 is 0 Å². The first-order valence-corrected chi connectivity index (χ1v) is 9.90. The molecule has 0 aliphatic heterocycles. The summed E-state index contributed by atoms with van der Waals surface area (Å²) in [6.45, 7) is 3.08. The Morgan fingerprint density at radius 3 is 2.43 bits per heavy atom. The summed E-state index contributed by atoms with van der Waals surface area (Å²) in [6.07, 6.45) is 3.27. The Morgan fingerprint density at radius 1 is 1.22 bits per heavy atom. The van der Waals surface area contributed by atoms with Crippen molar-refractivity contribution in [2.75, 3.05) is 26.4 Å². The van der Waals surface area contributed by atoms with E-state index in [0.29, 0.717) is 11.6 Å².